The van der Waals surface area contributed by atoms with E-state index < -0.39 is 9.84 Å². The van der Waals surface area contributed by atoms with Crippen LogP contribution in [0.5, 0.6) is 0 Å². The van der Waals surface area contributed by atoms with E-state index in [9.17, 15) is 8.42 Å². The summed E-state index contributed by atoms with van der Waals surface area (Å²) in [5, 5.41) is 3.08. The molecule has 1 aliphatic rings. The SMILES string of the molecule is CC1/C=C\CC/C(S(=O)(=O)c2ccccc2)=C\N1. The summed E-state index contributed by atoms with van der Waals surface area (Å²) in [6, 6.07) is 8.72. The van der Waals surface area contributed by atoms with Crippen LogP contribution < -0.4 is 5.32 Å². The molecule has 0 radical (unpaired) electrons. The van der Waals surface area contributed by atoms with Crippen LogP contribution in [0.1, 0.15) is 19.8 Å². The number of benzene rings is 1. The Labute approximate surface area is 108 Å². The van der Waals surface area contributed by atoms with Crippen LogP contribution in [0.25, 0.3) is 0 Å². The van der Waals surface area contributed by atoms with Gasteiger partial charge in [0.1, 0.15) is 0 Å². The lowest BCUT2D eigenvalue weighted by molar-refractivity contribution is 0.598. The number of nitrogens with one attached hydrogen (secondary N) is 1. The molecule has 0 saturated carbocycles. The molecule has 1 atom stereocenters. The lowest BCUT2D eigenvalue weighted by Gasteiger charge is -2.14. The lowest BCUT2D eigenvalue weighted by atomic mass is 10.2. The Bertz CT molecular complexity index is 559. The molecule has 0 fully saturated rings. The third kappa shape index (κ3) is 2.82. The minimum atomic E-state index is -3.36. The molecule has 1 aromatic carbocycles. The van der Waals surface area contributed by atoms with Gasteiger partial charge in [0.15, 0.2) is 0 Å². The number of sulfone groups is 1. The van der Waals surface area contributed by atoms with E-state index in [2.05, 4.69) is 5.32 Å². The maximum absolute atomic E-state index is 12.4. The quantitative estimate of drug-likeness (QED) is 0.834. The summed E-state index contributed by atoms with van der Waals surface area (Å²) in [5.41, 5.74) is 0. The molecule has 1 heterocycles. The second-order valence-corrected chi connectivity index (χ2v) is 6.35. The fraction of sp³-hybridized carbons (Fsp3) is 0.286. The highest BCUT2D eigenvalue weighted by atomic mass is 32.2. The van der Waals surface area contributed by atoms with Gasteiger partial charge in [-0.2, -0.15) is 0 Å². The Morgan fingerprint density at radius 3 is 2.67 bits per heavy atom. The summed E-state index contributed by atoms with van der Waals surface area (Å²) in [6.45, 7) is 1.99. The van der Waals surface area contributed by atoms with E-state index in [1.807, 2.05) is 25.1 Å². The molecule has 0 saturated heterocycles. The van der Waals surface area contributed by atoms with Gasteiger partial charge in [0.25, 0.3) is 0 Å². The molecular weight excluding hydrogens is 246 g/mol. The number of rotatable bonds is 2. The van der Waals surface area contributed by atoms with Gasteiger partial charge < -0.3 is 5.32 Å². The normalized spacial score (nSPS) is 25.2. The molecule has 0 aliphatic carbocycles. The number of allylic oxidation sites excluding steroid dienone is 2. The standard InChI is InChI=1S/C14H17NO2S/c1-12-7-5-6-10-14(11-15-12)18(16,17)13-8-3-2-4-9-13/h2-5,7-9,11-12,15H,6,10H2,1H3/b7-5-,14-11+. The Kier molecular flexibility index (Phi) is 3.87. The molecule has 1 unspecified atom stereocenters. The first kappa shape index (κ1) is 12.9. The van der Waals surface area contributed by atoms with Crippen LogP contribution in [0.3, 0.4) is 0 Å². The minimum absolute atomic E-state index is 0.159. The van der Waals surface area contributed by atoms with Crippen molar-refractivity contribution in [3.8, 4) is 0 Å². The number of hydrogen-bond acceptors (Lipinski definition) is 3. The smallest absolute Gasteiger partial charge is 0.204 e. The zero-order chi connectivity index (χ0) is 13.0. The molecule has 3 nitrogen and oxygen atoms in total. The van der Waals surface area contributed by atoms with Crippen LogP contribution in [0, 0.1) is 0 Å². The molecule has 96 valence electrons. The van der Waals surface area contributed by atoms with Gasteiger partial charge in [0.05, 0.1) is 9.80 Å². The van der Waals surface area contributed by atoms with Gasteiger partial charge in [-0.1, -0.05) is 30.4 Å². The molecule has 0 aromatic heterocycles. The van der Waals surface area contributed by atoms with Crippen molar-refractivity contribution in [2.24, 2.45) is 0 Å². The highest BCUT2D eigenvalue weighted by Crippen LogP contribution is 2.23. The average molecular weight is 263 g/mol. The summed E-state index contributed by atoms with van der Waals surface area (Å²) in [5.74, 6) is 0. The van der Waals surface area contributed by atoms with Gasteiger partial charge in [-0.15, -0.1) is 0 Å². The molecule has 1 aliphatic heterocycles. The van der Waals surface area contributed by atoms with E-state index in [0.717, 1.165) is 6.42 Å². The van der Waals surface area contributed by atoms with Crippen molar-refractivity contribution in [1.82, 2.24) is 5.32 Å². The van der Waals surface area contributed by atoms with Gasteiger partial charge in [0.2, 0.25) is 9.84 Å². The van der Waals surface area contributed by atoms with E-state index in [0.29, 0.717) is 16.2 Å². The van der Waals surface area contributed by atoms with Gasteiger partial charge >= 0.3 is 0 Å². The summed E-state index contributed by atoms with van der Waals surface area (Å²) in [6.07, 6.45) is 6.99. The largest absolute Gasteiger partial charge is 0.384 e. The first-order valence-corrected chi connectivity index (χ1v) is 7.51. The lowest BCUT2D eigenvalue weighted by Crippen LogP contribution is -2.21. The van der Waals surface area contributed by atoms with Gasteiger partial charge in [-0.25, -0.2) is 8.42 Å². The van der Waals surface area contributed by atoms with Crippen LogP contribution in [-0.2, 0) is 9.84 Å². The predicted molar refractivity (Wildman–Crippen MR) is 72.7 cm³/mol. The highest BCUT2D eigenvalue weighted by molar-refractivity contribution is 7.95. The topological polar surface area (TPSA) is 46.2 Å². The van der Waals surface area contributed by atoms with Crippen LogP contribution >= 0.6 is 0 Å². The van der Waals surface area contributed by atoms with Crippen molar-refractivity contribution in [3.63, 3.8) is 0 Å². The molecule has 18 heavy (non-hydrogen) atoms. The second kappa shape index (κ2) is 5.40. The minimum Gasteiger partial charge on any atom is -0.384 e. The third-order valence-electron chi connectivity index (χ3n) is 2.89. The summed E-state index contributed by atoms with van der Waals surface area (Å²) in [4.78, 5) is 0.806. The van der Waals surface area contributed by atoms with E-state index >= 15 is 0 Å². The highest BCUT2D eigenvalue weighted by Gasteiger charge is 2.20. The molecule has 1 aromatic rings. The monoisotopic (exact) mass is 263 g/mol. The van der Waals surface area contributed by atoms with Crippen molar-refractivity contribution >= 4 is 9.84 Å². The summed E-state index contributed by atoms with van der Waals surface area (Å²) in [7, 11) is -3.36. The molecule has 2 rings (SSSR count). The Hall–Kier alpha value is -1.55. The number of hydrogen-bond donors (Lipinski definition) is 1. The van der Waals surface area contributed by atoms with E-state index in [4.69, 9.17) is 0 Å². The zero-order valence-electron chi connectivity index (χ0n) is 10.3. The Balaban J connectivity index is 2.33. The van der Waals surface area contributed by atoms with Crippen molar-refractivity contribution < 1.29 is 8.42 Å². The first-order chi connectivity index (χ1) is 8.60. The van der Waals surface area contributed by atoms with Crippen LogP contribution in [0.4, 0.5) is 0 Å². The van der Waals surface area contributed by atoms with Crippen LogP contribution in [0.2, 0.25) is 0 Å². The molecule has 0 spiro atoms. The molecule has 0 amide bonds. The van der Waals surface area contributed by atoms with Gasteiger partial charge in [-0.05, 0) is 31.9 Å². The van der Waals surface area contributed by atoms with Crippen molar-refractivity contribution in [1.29, 1.82) is 0 Å². The average Bonchev–Trinajstić information content (AvgIpc) is 2.35. The second-order valence-electron chi connectivity index (χ2n) is 4.35. The fourth-order valence-electron chi connectivity index (χ4n) is 1.84. The Morgan fingerprint density at radius 1 is 1.22 bits per heavy atom. The van der Waals surface area contributed by atoms with Gasteiger partial charge in [-0.3, -0.25) is 0 Å². The predicted octanol–water partition coefficient (Wildman–Crippen LogP) is 2.63. The summed E-state index contributed by atoms with van der Waals surface area (Å²) >= 11 is 0. The molecule has 1 N–H and O–H groups in total. The summed E-state index contributed by atoms with van der Waals surface area (Å²) < 4.78 is 24.9. The third-order valence-corrected chi connectivity index (χ3v) is 4.79. The fourth-order valence-corrected chi connectivity index (χ4v) is 3.27. The maximum Gasteiger partial charge on any atom is 0.204 e. The molecule has 4 heteroatoms. The van der Waals surface area contributed by atoms with Crippen molar-refractivity contribution in [3.05, 3.63) is 53.6 Å². The molecule has 0 bridgehead atoms. The first-order valence-electron chi connectivity index (χ1n) is 6.02. The van der Waals surface area contributed by atoms with E-state index in [-0.39, 0.29) is 6.04 Å². The molecular formula is C14H17NO2S. The zero-order valence-corrected chi connectivity index (χ0v) is 11.2. The van der Waals surface area contributed by atoms with Crippen molar-refractivity contribution in [2.45, 2.75) is 30.7 Å². The van der Waals surface area contributed by atoms with E-state index in [1.54, 1.807) is 30.5 Å². The van der Waals surface area contributed by atoms with Crippen molar-refractivity contribution in [2.75, 3.05) is 0 Å². The van der Waals surface area contributed by atoms with E-state index in [1.165, 1.54) is 0 Å². The maximum atomic E-state index is 12.4. The van der Waals surface area contributed by atoms with Gasteiger partial charge in [0, 0.05) is 12.2 Å². The van der Waals surface area contributed by atoms with Crippen LogP contribution in [-0.4, -0.2) is 14.5 Å². The Morgan fingerprint density at radius 2 is 1.94 bits per heavy atom. The van der Waals surface area contributed by atoms with Crippen LogP contribution in [0.15, 0.2) is 58.5 Å².